The summed E-state index contributed by atoms with van der Waals surface area (Å²) >= 11 is 0. The van der Waals surface area contributed by atoms with Crippen LogP contribution in [0.1, 0.15) is 44.2 Å². The van der Waals surface area contributed by atoms with E-state index in [2.05, 4.69) is 4.90 Å². The topological polar surface area (TPSA) is 72.3 Å². The first-order chi connectivity index (χ1) is 9.99. The van der Waals surface area contributed by atoms with E-state index in [1.54, 1.807) is 12.1 Å². The number of primary amides is 1. The van der Waals surface area contributed by atoms with Crippen molar-refractivity contribution < 1.29 is 9.18 Å². The van der Waals surface area contributed by atoms with Crippen LogP contribution < -0.4 is 11.5 Å². The largest absolute Gasteiger partial charge is 0.369 e. The van der Waals surface area contributed by atoms with E-state index in [1.165, 1.54) is 12.1 Å². The number of nitrogens with zero attached hydrogens (tertiary/aromatic N) is 1. The van der Waals surface area contributed by atoms with E-state index in [0.717, 1.165) is 31.2 Å². The number of nitrogens with two attached hydrogens (primary N) is 2. The monoisotopic (exact) mass is 293 g/mol. The van der Waals surface area contributed by atoms with E-state index in [-0.39, 0.29) is 30.4 Å². The maximum atomic E-state index is 13.1. The van der Waals surface area contributed by atoms with Gasteiger partial charge in [0.25, 0.3) is 0 Å². The lowest BCUT2D eigenvalue weighted by Crippen LogP contribution is -2.47. The molecule has 1 aliphatic rings. The number of benzene rings is 1. The number of carbonyl (C=O) groups excluding carboxylic acids is 1. The lowest BCUT2D eigenvalue weighted by molar-refractivity contribution is -0.120. The van der Waals surface area contributed by atoms with Crippen LogP contribution in [0.4, 0.5) is 4.39 Å². The molecular formula is C16H24FN3O. The van der Waals surface area contributed by atoms with Gasteiger partial charge in [0.2, 0.25) is 5.91 Å². The van der Waals surface area contributed by atoms with Crippen LogP contribution >= 0.6 is 0 Å². The van der Waals surface area contributed by atoms with Crippen LogP contribution in [0.25, 0.3) is 0 Å². The molecule has 1 saturated carbocycles. The zero-order chi connectivity index (χ0) is 15.4. The molecule has 4 nitrogen and oxygen atoms in total. The van der Waals surface area contributed by atoms with Gasteiger partial charge in [-0.15, -0.1) is 0 Å². The highest BCUT2D eigenvalue weighted by molar-refractivity contribution is 5.76. The predicted octanol–water partition coefficient (Wildman–Crippen LogP) is 1.94. The Labute approximate surface area is 125 Å². The molecule has 0 spiro atoms. The minimum Gasteiger partial charge on any atom is -0.369 e. The summed E-state index contributed by atoms with van der Waals surface area (Å²) in [4.78, 5) is 13.6. The third-order valence-electron chi connectivity index (χ3n) is 4.20. The van der Waals surface area contributed by atoms with Gasteiger partial charge in [0.05, 0.1) is 12.6 Å². The van der Waals surface area contributed by atoms with Crippen molar-refractivity contribution in [3.63, 3.8) is 0 Å². The van der Waals surface area contributed by atoms with E-state index < -0.39 is 0 Å². The summed E-state index contributed by atoms with van der Waals surface area (Å²) in [5.74, 6) is -0.626. The summed E-state index contributed by atoms with van der Waals surface area (Å²) in [7, 11) is 0. The second-order valence-electron chi connectivity index (χ2n) is 5.93. The van der Waals surface area contributed by atoms with Gasteiger partial charge in [0.15, 0.2) is 0 Å². The van der Waals surface area contributed by atoms with Crippen molar-refractivity contribution in [2.75, 3.05) is 6.54 Å². The van der Waals surface area contributed by atoms with Gasteiger partial charge in [0.1, 0.15) is 5.82 Å². The molecule has 4 N–H and O–H groups in total. The standard InChI is InChI=1S/C16H24FN3O/c1-11(18)16(12-6-8-13(17)9-7-12)20(10-15(19)21)14-4-2-3-5-14/h6-9,11,14,16H,2-5,10,18H2,1H3,(H2,19,21). The van der Waals surface area contributed by atoms with E-state index in [9.17, 15) is 9.18 Å². The molecule has 2 atom stereocenters. The molecule has 1 aromatic rings. The Bertz CT molecular complexity index is 469. The third-order valence-corrected chi connectivity index (χ3v) is 4.20. The van der Waals surface area contributed by atoms with Crippen LogP contribution in [0, 0.1) is 5.82 Å². The molecule has 1 aromatic carbocycles. The highest BCUT2D eigenvalue weighted by Crippen LogP contribution is 2.32. The van der Waals surface area contributed by atoms with Crippen LogP contribution in [0.15, 0.2) is 24.3 Å². The molecule has 0 aromatic heterocycles. The molecule has 0 radical (unpaired) electrons. The summed E-state index contributed by atoms with van der Waals surface area (Å²) < 4.78 is 13.1. The number of amides is 1. The number of hydrogen-bond acceptors (Lipinski definition) is 3. The minimum atomic E-state index is -0.352. The first kappa shape index (κ1) is 15.9. The number of halogens is 1. The molecule has 0 bridgehead atoms. The molecule has 1 aliphatic carbocycles. The molecule has 5 heteroatoms. The average Bonchev–Trinajstić information content (AvgIpc) is 2.93. The van der Waals surface area contributed by atoms with Crippen molar-refractivity contribution in [1.82, 2.24) is 4.90 Å². The predicted molar refractivity (Wildman–Crippen MR) is 80.9 cm³/mol. The quantitative estimate of drug-likeness (QED) is 0.842. The summed E-state index contributed by atoms with van der Waals surface area (Å²) in [6, 6.07) is 6.37. The summed E-state index contributed by atoms with van der Waals surface area (Å²) in [5.41, 5.74) is 12.5. The Balaban J connectivity index is 2.30. The van der Waals surface area contributed by atoms with Crippen LogP contribution in [0.2, 0.25) is 0 Å². The molecule has 2 unspecified atom stereocenters. The van der Waals surface area contributed by atoms with Crippen LogP contribution in [0.3, 0.4) is 0 Å². The van der Waals surface area contributed by atoms with Gasteiger partial charge in [0, 0.05) is 12.1 Å². The van der Waals surface area contributed by atoms with Crippen molar-refractivity contribution >= 4 is 5.91 Å². The lowest BCUT2D eigenvalue weighted by atomic mass is 9.96. The molecule has 21 heavy (non-hydrogen) atoms. The van der Waals surface area contributed by atoms with Gasteiger partial charge in [-0.05, 0) is 37.5 Å². The minimum absolute atomic E-state index is 0.124. The number of rotatable bonds is 6. The van der Waals surface area contributed by atoms with Gasteiger partial charge in [-0.1, -0.05) is 25.0 Å². The Hall–Kier alpha value is -1.46. The van der Waals surface area contributed by atoms with E-state index in [4.69, 9.17) is 11.5 Å². The fourth-order valence-electron chi connectivity index (χ4n) is 3.33. The molecule has 2 rings (SSSR count). The Kier molecular flexibility index (Phi) is 5.31. The summed E-state index contributed by atoms with van der Waals surface area (Å²) in [5, 5.41) is 0. The Morgan fingerprint density at radius 3 is 2.38 bits per heavy atom. The SMILES string of the molecule is CC(N)C(c1ccc(F)cc1)N(CC(N)=O)C1CCCC1. The molecular weight excluding hydrogens is 269 g/mol. The fraction of sp³-hybridized carbons (Fsp3) is 0.562. The molecule has 1 amide bonds. The second-order valence-corrected chi connectivity index (χ2v) is 5.93. The molecule has 1 fully saturated rings. The van der Waals surface area contributed by atoms with E-state index >= 15 is 0 Å². The maximum Gasteiger partial charge on any atom is 0.231 e. The first-order valence-electron chi connectivity index (χ1n) is 7.54. The highest BCUT2D eigenvalue weighted by Gasteiger charge is 2.32. The average molecular weight is 293 g/mol. The van der Waals surface area contributed by atoms with Gasteiger partial charge < -0.3 is 11.5 Å². The molecule has 0 saturated heterocycles. The smallest absolute Gasteiger partial charge is 0.231 e. The number of hydrogen-bond donors (Lipinski definition) is 2. The lowest BCUT2D eigenvalue weighted by Gasteiger charge is -2.38. The van der Waals surface area contributed by atoms with E-state index in [1.807, 2.05) is 6.92 Å². The third kappa shape index (κ3) is 4.02. The van der Waals surface area contributed by atoms with Crippen molar-refractivity contribution in [2.45, 2.75) is 50.7 Å². The zero-order valence-electron chi connectivity index (χ0n) is 12.5. The van der Waals surface area contributed by atoms with Crippen molar-refractivity contribution in [3.05, 3.63) is 35.6 Å². The Morgan fingerprint density at radius 1 is 1.33 bits per heavy atom. The van der Waals surface area contributed by atoms with Crippen LogP contribution in [0.5, 0.6) is 0 Å². The number of carbonyl (C=O) groups is 1. The first-order valence-corrected chi connectivity index (χ1v) is 7.54. The second kappa shape index (κ2) is 7.00. The zero-order valence-corrected chi connectivity index (χ0v) is 12.5. The van der Waals surface area contributed by atoms with Gasteiger partial charge in [-0.25, -0.2) is 4.39 Å². The fourth-order valence-corrected chi connectivity index (χ4v) is 3.33. The van der Waals surface area contributed by atoms with Crippen molar-refractivity contribution in [1.29, 1.82) is 0 Å². The molecule has 0 heterocycles. The maximum absolute atomic E-state index is 13.1. The highest BCUT2D eigenvalue weighted by atomic mass is 19.1. The van der Waals surface area contributed by atoms with Gasteiger partial charge in [-0.3, -0.25) is 9.69 Å². The van der Waals surface area contributed by atoms with Gasteiger partial charge in [-0.2, -0.15) is 0 Å². The normalized spacial score (nSPS) is 18.9. The molecule has 116 valence electrons. The Morgan fingerprint density at radius 2 is 1.90 bits per heavy atom. The van der Waals surface area contributed by atoms with Gasteiger partial charge >= 0.3 is 0 Å². The molecule has 0 aliphatic heterocycles. The van der Waals surface area contributed by atoms with Crippen molar-refractivity contribution in [3.8, 4) is 0 Å². The summed E-state index contributed by atoms with van der Waals surface area (Å²) in [6.45, 7) is 2.10. The van der Waals surface area contributed by atoms with Crippen LogP contribution in [-0.4, -0.2) is 29.4 Å². The van der Waals surface area contributed by atoms with E-state index in [0.29, 0.717) is 6.04 Å². The van der Waals surface area contributed by atoms with Crippen molar-refractivity contribution in [2.24, 2.45) is 11.5 Å². The summed E-state index contributed by atoms with van der Waals surface area (Å²) in [6.07, 6.45) is 4.43. The van der Waals surface area contributed by atoms with Crippen LogP contribution in [-0.2, 0) is 4.79 Å².